The molecule has 2 rings (SSSR count). The second-order valence-electron chi connectivity index (χ2n) is 3.49. The standard InChI is InChI=1S/C10H14NP/c1-8-2-3-10-7-11(12)5-4-9(10)6-8/h2-3,6H,4-5,7,12H2,1H3. The Balaban J connectivity index is 2.37. The highest BCUT2D eigenvalue weighted by Gasteiger charge is 2.11. The molecule has 1 aliphatic heterocycles. The van der Waals surface area contributed by atoms with Crippen LogP contribution in [-0.2, 0) is 13.0 Å². The number of hydrogen-bond donors (Lipinski definition) is 0. The molecule has 1 nitrogen and oxygen atoms in total. The van der Waals surface area contributed by atoms with Gasteiger partial charge in [0.25, 0.3) is 0 Å². The molecule has 0 bridgehead atoms. The van der Waals surface area contributed by atoms with Crippen molar-refractivity contribution in [3.05, 3.63) is 34.9 Å². The lowest BCUT2D eigenvalue weighted by molar-refractivity contribution is 0.443. The third-order valence-electron chi connectivity index (χ3n) is 2.40. The lowest BCUT2D eigenvalue weighted by atomic mass is 9.99. The van der Waals surface area contributed by atoms with Gasteiger partial charge in [-0.1, -0.05) is 33.2 Å². The van der Waals surface area contributed by atoms with Crippen LogP contribution >= 0.6 is 9.39 Å². The molecule has 1 unspecified atom stereocenters. The van der Waals surface area contributed by atoms with Gasteiger partial charge in [-0.3, -0.25) is 4.67 Å². The van der Waals surface area contributed by atoms with Gasteiger partial charge in [0.15, 0.2) is 0 Å². The molecule has 0 amide bonds. The van der Waals surface area contributed by atoms with E-state index in [-0.39, 0.29) is 0 Å². The van der Waals surface area contributed by atoms with Crippen molar-refractivity contribution in [2.75, 3.05) is 6.54 Å². The molecule has 0 aliphatic carbocycles. The van der Waals surface area contributed by atoms with E-state index >= 15 is 0 Å². The molecule has 1 atom stereocenters. The zero-order valence-electron chi connectivity index (χ0n) is 7.38. The summed E-state index contributed by atoms with van der Waals surface area (Å²) in [4.78, 5) is 0. The van der Waals surface area contributed by atoms with Gasteiger partial charge in [-0.2, -0.15) is 0 Å². The summed E-state index contributed by atoms with van der Waals surface area (Å²) in [6, 6.07) is 6.76. The molecule has 0 N–H and O–H groups in total. The van der Waals surface area contributed by atoms with Crippen LogP contribution in [-0.4, -0.2) is 11.2 Å². The number of rotatable bonds is 0. The molecule has 1 heterocycles. The van der Waals surface area contributed by atoms with Gasteiger partial charge in [0.2, 0.25) is 0 Å². The van der Waals surface area contributed by atoms with Crippen molar-refractivity contribution in [3.8, 4) is 0 Å². The maximum atomic E-state index is 2.77. The molecule has 0 aromatic heterocycles. The van der Waals surface area contributed by atoms with Crippen molar-refractivity contribution in [1.82, 2.24) is 4.67 Å². The summed E-state index contributed by atoms with van der Waals surface area (Å²) in [5.74, 6) is 0. The predicted molar refractivity (Wildman–Crippen MR) is 55.0 cm³/mol. The van der Waals surface area contributed by atoms with Crippen LogP contribution in [0.5, 0.6) is 0 Å². The molecular formula is C10H14NP. The van der Waals surface area contributed by atoms with Gasteiger partial charge in [-0.15, -0.1) is 0 Å². The third-order valence-corrected chi connectivity index (χ3v) is 2.84. The summed E-state index contributed by atoms with van der Waals surface area (Å²) < 4.78 is 2.29. The first-order valence-electron chi connectivity index (χ1n) is 4.34. The first-order valence-corrected chi connectivity index (χ1v) is 4.85. The van der Waals surface area contributed by atoms with Crippen LogP contribution in [0.1, 0.15) is 16.7 Å². The van der Waals surface area contributed by atoms with Gasteiger partial charge in [-0.05, 0) is 24.5 Å². The number of fused-ring (bicyclic) bond motifs is 1. The molecule has 12 heavy (non-hydrogen) atoms. The number of nitrogens with zero attached hydrogens (tertiary/aromatic N) is 1. The Hall–Kier alpha value is -0.390. The van der Waals surface area contributed by atoms with Crippen molar-refractivity contribution < 1.29 is 0 Å². The molecule has 1 aromatic rings. The largest absolute Gasteiger partial charge is 0.283 e. The van der Waals surface area contributed by atoms with Gasteiger partial charge in [0.1, 0.15) is 0 Å². The van der Waals surface area contributed by atoms with Crippen LogP contribution in [0.25, 0.3) is 0 Å². The van der Waals surface area contributed by atoms with Crippen LogP contribution in [0, 0.1) is 6.92 Å². The Morgan fingerprint density at radius 3 is 3.00 bits per heavy atom. The van der Waals surface area contributed by atoms with E-state index in [0.717, 1.165) is 6.54 Å². The fourth-order valence-electron chi connectivity index (χ4n) is 1.70. The van der Waals surface area contributed by atoms with E-state index in [4.69, 9.17) is 0 Å². The number of benzene rings is 1. The van der Waals surface area contributed by atoms with Gasteiger partial charge in [-0.25, -0.2) is 0 Å². The van der Waals surface area contributed by atoms with Gasteiger partial charge < -0.3 is 0 Å². The summed E-state index contributed by atoms with van der Waals surface area (Å²) in [7, 11) is 2.77. The quantitative estimate of drug-likeness (QED) is 0.551. The maximum Gasteiger partial charge on any atom is 0.0270 e. The summed E-state index contributed by atoms with van der Waals surface area (Å²) in [5, 5.41) is 0. The molecule has 0 saturated heterocycles. The monoisotopic (exact) mass is 179 g/mol. The summed E-state index contributed by atoms with van der Waals surface area (Å²) in [5.41, 5.74) is 4.40. The van der Waals surface area contributed by atoms with Crippen LogP contribution in [0.3, 0.4) is 0 Å². The van der Waals surface area contributed by atoms with Crippen molar-refractivity contribution in [2.45, 2.75) is 19.9 Å². The Morgan fingerprint density at radius 2 is 2.17 bits per heavy atom. The van der Waals surface area contributed by atoms with E-state index < -0.39 is 0 Å². The van der Waals surface area contributed by atoms with E-state index in [2.05, 4.69) is 39.2 Å². The Bertz CT molecular complexity index is 296. The maximum absolute atomic E-state index is 2.77. The van der Waals surface area contributed by atoms with Gasteiger partial charge >= 0.3 is 0 Å². The molecule has 0 radical (unpaired) electrons. The highest BCUT2D eigenvalue weighted by molar-refractivity contribution is 7.13. The van der Waals surface area contributed by atoms with Crippen molar-refractivity contribution in [3.63, 3.8) is 0 Å². The average molecular weight is 179 g/mol. The molecule has 0 saturated carbocycles. The Morgan fingerprint density at radius 1 is 1.33 bits per heavy atom. The minimum absolute atomic E-state index is 1.08. The van der Waals surface area contributed by atoms with Gasteiger partial charge in [0, 0.05) is 13.1 Å². The second kappa shape index (κ2) is 3.16. The van der Waals surface area contributed by atoms with E-state index in [1.165, 1.54) is 29.7 Å². The van der Waals surface area contributed by atoms with E-state index in [9.17, 15) is 0 Å². The highest BCUT2D eigenvalue weighted by Crippen LogP contribution is 2.21. The predicted octanol–water partition coefficient (Wildman–Crippen LogP) is 2.14. The number of hydrogen-bond acceptors (Lipinski definition) is 1. The van der Waals surface area contributed by atoms with Crippen molar-refractivity contribution in [2.24, 2.45) is 0 Å². The van der Waals surface area contributed by atoms with E-state index in [0.29, 0.717) is 0 Å². The summed E-state index contributed by atoms with van der Waals surface area (Å²) in [6.07, 6.45) is 1.19. The van der Waals surface area contributed by atoms with Crippen LogP contribution in [0.2, 0.25) is 0 Å². The first-order chi connectivity index (χ1) is 5.75. The van der Waals surface area contributed by atoms with Crippen LogP contribution in [0.4, 0.5) is 0 Å². The van der Waals surface area contributed by atoms with Crippen LogP contribution in [0.15, 0.2) is 18.2 Å². The second-order valence-corrected chi connectivity index (χ2v) is 4.22. The average Bonchev–Trinajstić information content (AvgIpc) is 2.05. The zero-order valence-corrected chi connectivity index (χ0v) is 8.53. The molecule has 1 aliphatic rings. The molecule has 0 spiro atoms. The van der Waals surface area contributed by atoms with Crippen molar-refractivity contribution in [1.29, 1.82) is 0 Å². The summed E-state index contributed by atoms with van der Waals surface area (Å²) in [6.45, 7) is 4.41. The zero-order chi connectivity index (χ0) is 8.55. The van der Waals surface area contributed by atoms with Gasteiger partial charge in [0.05, 0.1) is 0 Å². The summed E-state index contributed by atoms with van der Waals surface area (Å²) >= 11 is 0. The normalized spacial score (nSPS) is 17.5. The smallest absolute Gasteiger partial charge is 0.0270 e. The van der Waals surface area contributed by atoms with E-state index in [1.807, 2.05) is 0 Å². The minimum Gasteiger partial charge on any atom is -0.283 e. The minimum atomic E-state index is 1.08. The molecule has 2 heteroatoms. The van der Waals surface area contributed by atoms with E-state index in [1.54, 1.807) is 0 Å². The highest BCUT2D eigenvalue weighted by atomic mass is 31.0. The van der Waals surface area contributed by atoms with Crippen molar-refractivity contribution >= 4 is 9.39 Å². The lowest BCUT2D eigenvalue weighted by Crippen LogP contribution is -2.21. The number of aryl methyl sites for hydroxylation is 1. The molecule has 0 fully saturated rings. The SMILES string of the molecule is Cc1ccc2c(c1)CCN(P)C2. The fraction of sp³-hybridized carbons (Fsp3) is 0.400. The topological polar surface area (TPSA) is 3.24 Å². The molecular weight excluding hydrogens is 165 g/mol. The molecule has 1 aromatic carbocycles. The Kier molecular flexibility index (Phi) is 2.16. The first kappa shape index (κ1) is 8.22. The Labute approximate surface area is 76.0 Å². The lowest BCUT2D eigenvalue weighted by Gasteiger charge is -2.24. The fourth-order valence-corrected chi connectivity index (χ4v) is 2.03. The molecule has 64 valence electrons. The van der Waals surface area contributed by atoms with Crippen LogP contribution < -0.4 is 0 Å². The third kappa shape index (κ3) is 1.53.